The van der Waals surface area contributed by atoms with Gasteiger partial charge < -0.3 is 10.5 Å². The van der Waals surface area contributed by atoms with Crippen molar-refractivity contribution in [3.8, 4) is 0 Å². The minimum absolute atomic E-state index is 0.181. The van der Waals surface area contributed by atoms with Gasteiger partial charge in [0.15, 0.2) is 0 Å². The van der Waals surface area contributed by atoms with Gasteiger partial charge in [-0.25, -0.2) is 0 Å². The normalized spacial score (nSPS) is 33.6. The van der Waals surface area contributed by atoms with Crippen LogP contribution in [-0.4, -0.2) is 18.2 Å². The maximum Gasteiger partial charge on any atom is 0.0597 e. The first-order valence-corrected chi connectivity index (χ1v) is 7.72. The van der Waals surface area contributed by atoms with Gasteiger partial charge in [0.05, 0.1) is 12.2 Å². The van der Waals surface area contributed by atoms with Crippen LogP contribution in [0.2, 0.25) is 0 Å². The fourth-order valence-corrected chi connectivity index (χ4v) is 3.42. The molecule has 5 unspecified atom stereocenters. The van der Waals surface area contributed by atoms with E-state index in [2.05, 4.69) is 67.6 Å². The molecule has 0 radical (unpaired) electrons. The molecule has 0 saturated carbocycles. The van der Waals surface area contributed by atoms with E-state index < -0.39 is 0 Å². The average Bonchev–Trinajstić information content (AvgIpc) is 2.56. The van der Waals surface area contributed by atoms with Crippen LogP contribution in [0.1, 0.15) is 26.3 Å². The zero-order valence-electron chi connectivity index (χ0n) is 11.3. The predicted molar refractivity (Wildman–Crippen MR) is 83.5 cm³/mol. The molecule has 2 rings (SSSR count). The molecular formula is C15H22INO. The molecule has 0 aromatic heterocycles. The lowest BCUT2D eigenvalue weighted by molar-refractivity contribution is 0.0490. The van der Waals surface area contributed by atoms with Crippen molar-refractivity contribution in [2.45, 2.75) is 45.4 Å². The molecule has 0 aliphatic carbocycles. The Labute approximate surface area is 123 Å². The van der Waals surface area contributed by atoms with E-state index in [1.54, 1.807) is 0 Å². The highest BCUT2D eigenvalue weighted by Crippen LogP contribution is 2.34. The number of ether oxygens (including phenoxy) is 1. The summed E-state index contributed by atoms with van der Waals surface area (Å²) in [5.41, 5.74) is 7.73. The van der Waals surface area contributed by atoms with E-state index in [4.69, 9.17) is 10.5 Å². The molecule has 0 amide bonds. The molecule has 1 aromatic rings. The lowest BCUT2D eigenvalue weighted by Gasteiger charge is -2.25. The maximum absolute atomic E-state index is 6.41. The molecule has 0 bridgehead atoms. The molecule has 1 aromatic carbocycles. The van der Waals surface area contributed by atoms with E-state index in [0.717, 1.165) is 6.42 Å². The molecular weight excluding hydrogens is 337 g/mol. The smallest absolute Gasteiger partial charge is 0.0597 e. The van der Waals surface area contributed by atoms with Gasteiger partial charge in [0.1, 0.15) is 0 Å². The summed E-state index contributed by atoms with van der Waals surface area (Å²) in [7, 11) is 0. The predicted octanol–water partition coefficient (Wildman–Crippen LogP) is 3.22. The second-order valence-corrected chi connectivity index (χ2v) is 6.72. The second-order valence-electron chi connectivity index (χ2n) is 5.48. The summed E-state index contributed by atoms with van der Waals surface area (Å²) in [5.74, 6) is 0.998. The standard InChI is InChI=1S/C15H22INO/c1-9-10(2)18-11(3)15(9)14(17)8-12-4-6-13(16)7-5-12/h4-7,9-11,14-15H,8,17H2,1-3H3. The van der Waals surface area contributed by atoms with Crippen LogP contribution in [0.5, 0.6) is 0 Å². The van der Waals surface area contributed by atoms with E-state index in [0.29, 0.717) is 17.9 Å². The van der Waals surface area contributed by atoms with Crippen LogP contribution >= 0.6 is 22.6 Å². The first-order chi connectivity index (χ1) is 8.49. The number of rotatable bonds is 3. The van der Waals surface area contributed by atoms with Gasteiger partial charge in [-0.1, -0.05) is 19.1 Å². The zero-order valence-corrected chi connectivity index (χ0v) is 13.4. The summed E-state index contributed by atoms with van der Waals surface area (Å²) >= 11 is 2.33. The van der Waals surface area contributed by atoms with Gasteiger partial charge in [0.2, 0.25) is 0 Å². The number of hydrogen-bond acceptors (Lipinski definition) is 2. The van der Waals surface area contributed by atoms with Crippen molar-refractivity contribution in [1.29, 1.82) is 0 Å². The summed E-state index contributed by atoms with van der Waals surface area (Å²) in [6, 6.07) is 8.82. The van der Waals surface area contributed by atoms with Crippen LogP contribution in [0.4, 0.5) is 0 Å². The van der Waals surface area contributed by atoms with Gasteiger partial charge >= 0.3 is 0 Å². The summed E-state index contributed by atoms with van der Waals surface area (Å²) in [5, 5.41) is 0. The molecule has 1 fully saturated rings. The first-order valence-electron chi connectivity index (χ1n) is 6.64. The van der Waals surface area contributed by atoms with Crippen LogP contribution in [0.3, 0.4) is 0 Å². The number of halogens is 1. The Morgan fingerprint density at radius 2 is 1.78 bits per heavy atom. The lowest BCUT2D eigenvalue weighted by Crippen LogP contribution is -2.39. The third-order valence-corrected chi connectivity index (χ3v) is 4.92. The summed E-state index contributed by atoms with van der Waals surface area (Å²) in [4.78, 5) is 0. The molecule has 100 valence electrons. The minimum atomic E-state index is 0.181. The lowest BCUT2D eigenvalue weighted by atomic mass is 9.81. The molecule has 2 N–H and O–H groups in total. The van der Waals surface area contributed by atoms with Gasteiger partial charge in [-0.2, -0.15) is 0 Å². The van der Waals surface area contributed by atoms with Crippen molar-refractivity contribution in [3.05, 3.63) is 33.4 Å². The number of benzene rings is 1. The third-order valence-electron chi connectivity index (χ3n) is 4.20. The fourth-order valence-electron chi connectivity index (χ4n) is 3.06. The molecule has 1 aliphatic heterocycles. The van der Waals surface area contributed by atoms with Gasteiger partial charge in [0.25, 0.3) is 0 Å². The van der Waals surface area contributed by atoms with Gasteiger partial charge in [-0.3, -0.25) is 0 Å². The second kappa shape index (κ2) is 5.88. The summed E-state index contributed by atoms with van der Waals surface area (Å²) in [6.07, 6.45) is 1.54. The van der Waals surface area contributed by atoms with Crippen LogP contribution in [0.25, 0.3) is 0 Å². The molecule has 1 aliphatic rings. The molecule has 0 spiro atoms. The van der Waals surface area contributed by atoms with Gasteiger partial charge in [0, 0.05) is 15.5 Å². The Morgan fingerprint density at radius 1 is 1.17 bits per heavy atom. The van der Waals surface area contributed by atoms with Crippen molar-refractivity contribution in [2.75, 3.05) is 0 Å². The highest BCUT2D eigenvalue weighted by molar-refractivity contribution is 14.1. The Kier molecular flexibility index (Phi) is 4.67. The quantitative estimate of drug-likeness (QED) is 0.842. The van der Waals surface area contributed by atoms with Crippen molar-refractivity contribution in [3.63, 3.8) is 0 Å². The summed E-state index contributed by atoms with van der Waals surface area (Å²) < 4.78 is 7.15. The SMILES string of the molecule is CC1OC(C)C(C(N)Cc2ccc(I)cc2)C1C. The minimum Gasteiger partial charge on any atom is -0.375 e. The monoisotopic (exact) mass is 359 g/mol. The van der Waals surface area contributed by atoms with Crippen molar-refractivity contribution < 1.29 is 4.74 Å². The van der Waals surface area contributed by atoms with Gasteiger partial charge in [-0.05, 0) is 66.5 Å². The number of hydrogen-bond donors (Lipinski definition) is 1. The molecule has 1 heterocycles. The zero-order chi connectivity index (χ0) is 13.3. The first kappa shape index (κ1) is 14.3. The number of nitrogens with two attached hydrogens (primary N) is 1. The van der Waals surface area contributed by atoms with E-state index in [-0.39, 0.29) is 12.1 Å². The Morgan fingerprint density at radius 3 is 2.28 bits per heavy atom. The third kappa shape index (κ3) is 3.06. The molecule has 5 atom stereocenters. The van der Waals surface area contributed by atoms with Crippen molar-refractivity contribution in [1.82, 2.24) is 0 Å². The van der Waals surface area contributed by atoms with Crippen LogP contribution < -0.4 is 5.73 Å². The Bertz CT molecular complexity index is 392. The van der Waals surface area contributed by atoms with Crippen molar-refractivity contribution >= 4 is 22.6 Å². The molecule has 1 saturated heterocycles. The van der Waals surface area contributed by atoms with E-state index in [1.165, 1.54) is 9.13 Å². The van der Waals surface area contributed by atoms with Crippen LogP contribution in [0, 0.1) is 15.4 Å². The fraction of sp³-hybridized carbons (Fsp3) is 0.600. The van der Waals surface area contributed by atoms with E-state index in [9.17, 15) is 0 Å². The molecule has 18 heavy (non-hydrogen) atoms. The van der Waals surface area contributed by atoms with E-state index in [1.807, 2.05) is 0 Å². The topological polar surface area (TPSA) is 35.2 Å². The molecule has 3 heteroatoms. The Hall–Kier alpha value is -0.130. The summed E-state index contributed by atoms with van der Waals surface area (Å²) in [6.45, 7) is 6.56. The highest BCUT2D eigenvalue weighted by atomic mass is 127. The highest BCUT2D eigenvalue weighted by Gasteiger charge is 2.40. The maximum atomic E-state index is 6.41. The van der Waals surface area contributed by atoms with Crippen LogP contribution in [-0.2, 0) is 11.2 Å². The molecule has 2 nitrogen and oxygen atoms in total. The Balaban J connectivity index is 2.03. The van der Waals surface area contributed by atoms with Crippen LogP contribution in [0.15, 0.2) is 24.3 Å². The van der Waals surface area contributed by atoms with E-state index >= 15 is 0 Å². The average molecular weight is 359 g/mol. The van der Waals surface area contributed by atoms with Gasteiger partial charge in [-0.15, -0.1) is 0 Å². The largest absolute Gasteiger partial charge is 0.375 e. The van der Waals surface area contributed by atoms with Crippen molar-refractivity contribution in [2.24, 2.45) is 17.6 Å².